The molecule has 0 spiro atoms. The van der Waals surface area contributed by atoms with E-state index < -0.39 is 0 Å². The number of hydrogen-bond donors (Lipinski definition) is 2. The van der Waals surface area contributed by atoms with Crippen LogP contribution in [0.4, 0.5) is 0 Å². The number of amides is 1. The SMILES string of the molecule is Cc1cc(C#N)ccc1-c1cnn(-c2ccc(C(=O)N[C@H]3CCOC3)cn2)c1O. The standard InChI is InChI=1S/C21H19N5O3/c1-13-8-14(9-22)2-4-17(13)18-11-24-26(21(18)28)19-5-3-15(10-23-19)20(27)25-16-6-7-29-12-16/h2-5,8,10-11,16,28H,6-7,12H2,1H3,(H,25,27)/t16-/m0/s1. The Morgan fingerprint density at radius 2 is 2.17 bits per heavy atom. The molecule has 2 aromatic heterocycles. The van der Waals surface area contributed by atoms with Crippen molar-refractivity contribution >= 4 is 5.91 Å². The van der Waals surface area contributed by atoms with Crippen molar-refractivity contribution < 1.29 is 14.6 Å². The molecule has 29 heavy (non-hydrogen) atoms. The van der Waals surface area contributed by atoms with Gasteiger partial charge in [-0.2, -0.15) is 15.0 Å². The van der Waals surface area contributed by atoms with Crippen LogP contribution in [0.5, 0.6) is 5.88 Å². The number of carbonyl (C=O) groups excluding carboxylic acids is 1. The first-order chi connectivity index (χ1) is 14.1. The average Bonchev–Trinajstić information content (AvgIpc) is 3.38. The van der Waals surface area contributed by atoms with Crippen molar-refractivity contribution in [3.63, 3.8) is 0 Å². The van der Waals surface area contributed by atoms with Gasteiger partial charge in [-0.25, -0.2) is 4.98 Å². The molecule has 0 bridgehead atoms. The Balaban J connectivity index is 1.56. The topological polar surface area (TPSA) is 113 Å². The Labute approximate surface area is 167 Å². The van der Waals surface area contributed by atoms with Crippen LogP contribution in [0.1, 0.15) is 27.9 Å². The number of nitrogens with zero attached hydrogens (tertiary/aromatic N) is 4. The smallest absolute Gasteiger partial charge is 0.253 e. The molecule has 1 aromatic carbocycles. The fraction of sp³-hybridized carbons (Fsp3) is 0.238. The second-order valence-electron chi connectivity index (χ2n) is 6.87. The Morgan fingerprint density at radius 1 is 1.31 bits per heavy atom. The summed E-state index contributed by atoms with van der Waals surface area (Å²) in [6.07, 6.45) is 3.80. The van der Waals surface area contributed by atoms with Gasteiger partial charge in [-0.1, -0.05) is 6.07 Å². The number of aryl methyl sites for hydroxylation is 1. The van der Waals surface area contributed by atoms with Gasteiger partial charge >= 0.3 is 0 Å². The minimum absolute atomic E-state index is 0.0237. The number of nitriles is 1. The van der Waals surface area contributed by atoms with E-state index >= 15 is 0 Å². The van der Waals surface area contributed by atoms with Gasteiger partial charge in [0.25, 0.3) is 5.91 Å². The fourth-order valence-corrected chi connectivity index (χ4v) is 3.30. The Hall–Kier alpha value is -3.70. The third-order valence-corrected chi connectivity index (χ3v) is 4.88. The van der Waals surface area contributed by atoms with E-state index in [-0.39, 0.29) is 17.8 Å². The minimum atomic E-state index is -0.210. The maximum absolute atomic E-state index is 12.3. The lowest BCUT2D eigenvalue weighted by Gasteiger charge is -2.10. The van der Waals surface area contributed by atoms with E-state index in [0.717, 1.165) is 17.5 Å². The quantitative estimate of drug-likeness (QED) is 0.708. The van der Waals surface area contributed by atoms with Crippen LogP contribution in [-0.4, -0.2) is 45.0 Å². The number of aromatic hydroxyl groups is 1. The molecule has 2 N–H and O–H groups in total. The van der Waals surface area contributed by atoms with E-state index in [0.29, 0.717) is 35.7 Å². The molecule has 0 aliphatic carbocycles. The second-order valence-corrected chi connectivity index (χ2v) is 6.87. The Morgan fingerprint density at radius 3 is 2.83 bits per heavy atom. The van der Waals surface area contributed by atoms with E-state index in [1.54, 1.807) is 36.5 Å². The summed E-state index contributed by atoms with van der Waals surface area (Å²) < 4.78 is 6.56. The first-order valence-corrected chi connectivity index (χ1v) is 9.20. The van der Waals surface area contributed by atoms with E-state index in [2.05, 4.69) is 21.5 Å². The van der Waals surface area contributed by atoms with Crippen molar-refractivity contribution in [2.45, 2.75) is 19.4 Å². The van der Waals surface area contributed by atoms with Crippen molar-refractivity contribution in [3.05, 3.63) is 59.4 Å². The number of aromatic nitrogens is 3. The van der Waals surface area contributed by atoms with Crippen LogP contribution in [0.2, 0.25) is 0 Å². The van der Waals surface area contributed by atoms with Crippen LogP contribution in [0.25, 0.3) is 16.9 Å². The zero-order chi connectivity index (χ0) is 20.4. The van der Waals surface area contributed by atoms with E-state index in [1.165, 1.54) is 10.9 Å². The monoisotopic (exact) mass is 389 g/mol. The van der Waals surface area contributed by atoms with Crippen molar-refractivity contribution in [2.75, 3.05) is 13.2 Å². The summed E-state index contributed by atoms with van der Waals surface area (Å²) in [5.74, 6) is 0.115. The number of rotatable bonds is 4. The van der Waals surface area contributed by atoms with Crippen LogP contribution in [-0.2, 0) is 4.74 Å². The largest absolute Gasteiger partial charge is 0.493 e. The lowest BCUT2D eigenvalue weighted by molar-refractivity contribution is 0.0929. The van der Waals surface area contributed by atoms with Gasteiger partial charge in [-0.3, -0.25) is 4.79 Å². The highest BCUT2D eigenvalue weighted by Crippen LogP contribution is 2.33. The van der Waals surface area contributed by atoms with Gasteiger partial charge in [-0.15, -0.1) is 0 Å². The maximum atomic E-state index is 12.3. The summed E-state index contributed by atoms with van der Waals surface area (Å²) in [6.45, 7) is 3.05. The molecule has 1 saturated heterocycles. The molecule has 1 atom stereocenters. The number of ether oxygens (including phenoxy) is 1. The zero-order valence-corrected chi connectivity index (χ0v) is 15.8. The Kier molecular flexibility index (Phi) is 4.97. The predicted molar refractivity (Wildman–Crippen MR) is 105 cm³/mol. The van der Waals surface area contributed by atoms with E-state index in [4.69, 9.17) is 10.00 Å². The molecular weight excluding hydrogens is 370 g/mol. The summed E-state index contributed by atoms with van der Waals surface area (Å²) in [4.78, 5) is 16.6. The maximum Gasteiger partial charge on any atom is 0.253 e. The molecule has 8 heteroatoms. The molecule has 1 aliphatic heterocycles. The number of carbonyl (C=O) groups is 1. The molecule has 1 aliphatic rings. The molecule has 8 nitrogen and oxygen atoms in total. The first kappa shape index (κ1) is 18.7. The number of benzene rings is 1. The van der Waals surface area contributed by atoms with Gasteiger partial charge in [0.1, 0.15) is 0 Å². The van der Waals surface area contributed by atoms with Gasteiger partial charge in [0.05, 0.1) is 41.6 Å². The summed E-state index contributed by atoms with van der Waals surface area (Å²) in [6, 6.07) is 10.6. The van der Waals surface area contributed by atoms with Crippen LogP contribution in [0.3, 0.4) is 0 Å². The summed E-state index contributed by atoms with van der Waals surface area (Å²) in [5, 5.41) is 26.8. The van der Waals surface area contributed by atoms with Crippen LogP contribution >= 0.6 is 0 Å². The molecule has 1 amide bonds. The molecule has 3 heterocycles. The lowest BCUT2D eigenvalue weighted by atomic mass is 10.0. The third-order valence-electron chi connectivity index (χ3n) is 4.88. The van der Waals surface area contributed by atoms with Crippen molar-refractivity contribution in [3.8, 4) is 28.9 Å². The Bertz CT molecular complexity index is 1090. The van der Waals surface area contributed by atoms with Crippen LogP contribution in [0, 0.1) is 18.3 Å². The molecular formula is C21H19N5O3. The van der Waals surface area contributed by atoms with Gasteiger partial charge in [0.15, 0.2) is 5.82 Å². The normalized spacial score (nSPS) is 15.8. The third kappa shape index (κ3) is 3.68. The summed E-state index contributed by atoms with van der Waals surface area (Å²) in [7, 11) is 0. The molecule has 146 valence electrons. The highest BCUT2D eigenvalue weighted by atomic mass is 16.5. The first-order valence-electron chi connectivity index (χ1n) is 9.20. The highest BCUT2D eigenvalue weighted by Gasteiger charge is 2.19. The molecule has 0 unspecified atom stereocenters. The molecule has 3 aromatic rings. The van der Waals surface area contributed by atoms with Gasteiger partial charge in [0.2, 0.25) is 5.88 Å². The van der Waals surface area contributed by atoms with Gasteiger partial charge < -0.3 is 15.2 Å². The van der Waals surface area contributed by atoms with Crippen molar-refractivity contribution in [1.82, 2.24) is 20.1 Å². The highest BCUT2D eigenvalue weighted by molar-refractivity contribution is 5.94. The van der Waals surface area contributed by atoms with Gasteiger partial charge in [-0.05, 0) is 48.7 Å². The minimum Gasteiger partial charge on any atom is -0.493 e. The predicted octanol–water partition coefficient (Wildman–Crippen LogP) is 2.34. The molecule has 1 fully saturated rings. The van der Waals surface area contributed by atoms with Crippen molar-refractivity contribution in [2.24, 2.45) is 0 Å². The zero-order valence-electron chi connectivity index (χ0n) is 15.8. The van der Waals surface area contributed by atoms with E-state index in [1.807, 2.05) is 6.92 Å². The second kappa shape index (κ2) is 7.73. The lowest BCUT2D eigenvalue weighted by Crippen LogP contribution is -2.35. The number of pyridine rings is 1. The van der Waals surface area contributed by atoms with Crippen molar-refractivity contribution in [1.29, 1.82) is 5.26 Å². The summed E-state index contributed by atoms with van der Waals surface area (Å²) >= 11 is 0. The van der Waals surface area contributed by atoms with E-state index in [9.17, 15) is 9.90 Å². The fourth-order valence-electron chi connectivity index (χ4n) is 3.30. The van der Waals surface area contributed by atoms with Crippen LogP contribution in [0.15, 0.2) is 42.7 Å². The summed E-state index contributed by atoms with van der Waals surface area (Å²) in [5.41, 5.74) is 3.16. The number of hydrogen-bond acceptors (Lipinski definition) is 6. The average molecular weight is 389 g/mol. The molecule has 0 saturated carbocycles. The van der Waals surface area contributed by atoms with Crippen LogP contribution < -0.4 is 5.32 Å². The molecule has 0 radical (unpaired) electrons. The number of nitrogens with one attached hydrogen (secondary N) is 1. The van der Waals surface area contributed by atoms with Gasteiger partial charge in [0, 0.05) is 12.8 Å². The molecule has 4 rings (SSSR count).